The molecule has 2 fully saturated rings. The van der Waals surface area contributed by atoms with Gasteiger partial charge in [-0.3, -0.25) is 4.79 Å². The first-order chi connectivity index (χ1) is 16.2. The van der Waals surface area contributed by atoms with Crippen molar-refractivity contribution >= 4 is 28.9 Å². The molecule has 33 heavy (non-hydrogen) atoms. The number of nitrogens with zero attached hydrogens (tertiary/aromatic N) is 5. The number of primary amides is 1. The molecule has 0 spiro atoms. The minimum Gasteiger partial charge on any atom is -0.366 e. The smallest absolute Gasteiger partial charge is 0.248 e. The minimum absolute atomic E-state index is 0.454. The van der Waals surface area contributed by atoms with Crippen molar-refractivity contribution in [1.82, 2.24) is 19.6 Å². The molecule has 4 heterocycles. The topological polar surface area (TPSA) is 101 Å². The van der Waals surface area contributed by atoms with Gasteiger partial charge in [-0.25, -0.2) is 14.5 Å². The highest BCUT2D eigenvalue weighted by Gasteiger charge is 2.38. The van der Waals surface area contributed by atoms with E-state index in [-0.39, 0.29) is 0 Å². The van der Waals surface area contributed by atoms with Crippen molar-refractivity contribution in [2.75, 3.05) is 16.8 Å². The van der Waals surface area contributed by atoms with Gasteiger partial charge in [0.25, 0.3) is 0 Å². The molecule has 3 aromatic heterocycles. The van der Waals surface area contributed by atoms with Crippen molar-refractivity contribution in [2.24, 2.45) is 11.7 Å². The predicted octanol–water partition coefficient (Wildman–Crippen LogP) is 4.01. The van der Waals surface area contributed by atoms with E-state index in [0.717, 1.165) is 40.9 Å². The molecule has 1 aliphatic carbocycles. The number of nitrogens with one attached hydrogen (secondary N) is 1. The summed E-state index contributed by atoms with van der Waals surface area (Å²) in [5, 5.41) is 7.78. The third kappa shape index (κ3) is 3.57. The van der Waals surface area contributed by atoms with Crippen LogP contribution in [0.4, 0.5) is 17.3 Å². The normalized spacial score (nSPS) is 19.7. The average molecular weight is 440 g/mol. The van der Waals surface area contributed by atoms with E-state index >= 15 is 0 Å². The number of hydrogen-bond donors (Lipinski definition) is 2. The number of hydrogen-bond acceptors (Lipinski definition) is 6. The Kier molecular flexibility index (Phi) is 4.71. The summed E-state index contributed by atoms with van der Waals surface area (Å²) in [6.07, 6.45) is 8.60. The molecule has 1 saturated heterocycles. The minimum atomic E-state index is -0.454. The third-order valence-corrected chi connectivity index (χ3v) is 6.91. The van der Waals surface area contributed by atoms with Crippen LogP contribution in [0, 0.1) is 5.92 Å². The van der Waals surface area contributed by atoms with Crippen molar-refractivity contribution in [3.8, 4) is 11.1 Å². The fourth-order valence-corrected chi connectivity index (χ4v) is 5.34. The molecule has 1 amide bonds. The molecular weight excluding hydrogens is 414 g/mol. The maximum absolute atomic E-state index is 11.6. The number of fused-ring (bicyclic) bond motifs is 2. The van der Waals surface area contributed by atoms with Crippen molar-refractivity contribution < 1.29 is 4.79 Å². The monoisotopic (exact) mass is 439 g/mol. The van der Waals surface area contributed by atoms with E-state index in [1.54, 1.807) is 16.6 Å². The van der Waals surface area contributed by atoms with E-state index in [4.69, 9.17) is 10.7 Å². The van der Waals surface area contributed by atoms with Crippen molar-refractivity contribution in [3.05, 3.63) is 66.6 Å². The van der Waals surface area contributed by atoms with E-state index in [1.807, 2.05) is 36.5 Å². The highest BCUT2D eigenvalue weighted by Crippen LogP contribution is 2.40. The summed E-state index contributed by atoms with van der Waals surface area (Å²) in [6.45, 7) is 1.08. The zero-order valence-electron chi connectivity index (χ0n) is 18.2. The molecule has 1 saturated carbocycles. The lowest BCUT2D eigenvalue weighted by atomic mass is 10.0. The maximum atomic E-state index is 11.6. The van der Waals surface area contributed by atoms with Crippen LogP contribution in [0.1, 0.15) is 36.0 Å². The molecule has 0 unspecified atom stereocenters. The molecule has 4 aromatic rings. The van der Waals surface area contributed by atoms with Gasteiger partial charge in [0, 0.05) is 29.9 Å². The van der Waals surface area contributed by atoms with E-state index in [1.165, 1.54) is 32.0 Å². The number of rotatable bonds is 5. The summed E-state index contributed by atoms with van der Waals surface area (Å²) in [5.41, 5.74) is 9.20. The van der Waals surface area contributed by atoms with Gasteiger partial charge >= 0.3 is 0 Å². The van der Waals surface area contributed by atoms with E-state index < -0.39 is 5.91 Å². The Morgan fingerprint density at radius 3 is 2.88 bits per heavy atom. The van der Waals surface area contributed by atoms with Crippen LogP contribution in [0.15, 0.2) is 61.1 Å². The Balaban J connectivity index is 1.35. The van der Waals surface area contributed by atoms with Crippen LogP contribution >= 0.6 is 0 Å². The van der Waals surface area contributed by atoms with Gasteiger partial charge in [-0.1, -0.05) is 24.6 Å². The maximum Gasteiger partial charge on any atom is 0.248 e. The second kappa shape index (κ2) is 7.88. The highest BCUT2D eigenvalue weighted by atomic mass is 16.1. The molecular formula is C25H25N7O. The lowest BCUT2D eigenvalue weighted by molar-refractivity contribution is 0.100. The Labute approximate surface area is 191 Å². The lowest BCUT2D eigenvalue weighted by Gasteiger charge is -2.25. The summed E-state index contributed by atoms with van der Waals surface area (Å²) < 4.78 is 1.72. The predicted molar refractivity (Wildman–Crippen MR) is 128 cm³/mol. The molecule has 8 nitrogen and oxygen atoms in total. The zero-order chi connectivity index (χ0) is 22.4. The van der Waals surface area contributed by atoms with Crippen molar-refractivity contribution in [2.45, 2.75) is 31.7 Å². The van der Waals surface area contributed by atoms with Crippen LogP contribution < -0.4 is 16.0 Å². The number of carbonyl (C=O) groups excluding carboxylic acids is 1. The van der Waals surface area contributed by atoms with Gasteiger partial charge < -0.3 is 16.0 Å². The Morgan fingerprint density at radius 1 is 1.06 bits per heavy atom. The quantitative estimate of drug-likeness (QED) is 0.487. The molecule has 0 radical (unpaired) electrons. The number of nitrogens with two attached hydrogens (primary N) is 1. The van der Waals surface area contributed by atoms with E-state index in [2.05, 4.69) is 26.4 Å². The van der Waals surface area contributed by atoms with Gasteiger partial charge in [0.2, 0.25) is 5.91 Å². The van der Waals surface area contributed by atoms with Crippen LogP contribution in [-0.4, -0.2) is 38.1 Å². The third-order valence-electron chi connectivity index (χ3n) is 6.91. The van der Waals surface area contributed by atoms with Crippen LogP contribution in [0.3, 0.4) is 0 Å². The molecule has 166 valence electrons. The number of benzene rings is 1. The number of anilines is 3. The van der Waals surface area contributed by atoms with Gasteiger partial charge in [0.05, 0.1) is 5.69 Å². The second-order valence-corrected chi connectivity index (χ2v) is 8.86. The van der Waals surface area contributed by atoms with Gasteiger partial charge in [-0.05, 0) is 61.1 Å². The molecule has 3 N–H and O–H groups in total. The first-order valence-electron chi connectivity index (χ1n) is 11.4. The SMILES string of the molecule is NC(=O)c1cccc(-c2cc(Nc3cccc(N4CC[C@@H]5CCC[C@@H]54)n3)c3ncnn3c2)c1. The summed E-state index contributed by atoms with van der Waals surface area (Å²) in [6, 6.07) is 16.0. The number of aromatic nitrogens is 4. The molecule has 1 aliphatic heterocycles. The molecule has 8 heteroatoms. The van der Waals surface area contributed by atoms with Crippen molar-refractivity contribution in [3.63, 3.8) is 0 Å². The average Bonchev–Trinajstić information content (AvgIpc) is 3.56. The Hall–Kier alpha value is -3.94. The van der Waals surface area contributed by atoms with Crippen LogP contribution in [-0.2, 0) is 0 Å². The molecule has 1 aromatic carbocycles. The first-order valence-corrected chi connectivity index (χ1v) is 11.4. The summed E-state index contributed by atoms with van der Waals surface area (Å²) >= 11 is 0. The van der Waals surface area contributed by atoms with E-state index in [9.17, 15) is 4.79 Å². The fourth-order valence-electron chi connectivity index (χ4n) is 5.34. The van der Waals surface area contributed by atoms with Crippen LogP contribution in [0.25, 0.3) is 16.8 Å². The second-order valence-electron chi connectivity index (χ2n) is 8.86. The first kappa shape index (κ1) is 19.7. The zero-order valence-corrected chi connectivity index (χ0v) is 18.2. The highest BCUT2D eigenvalue weighted by molar-refractivity contribution is 5.94. The molecule has 2 atom stereocenters. The number of amides is 1. The number of carbonyl (C=O) groups is 1. The molecule has 6 rings (SSSR count). The molecule has 2 aliphatic rings. The Bertz CT molecular complexity index is 1350. The standard InChI is InChI=1S/C25H25N7O/c26-24(33)18-6-1-5-17(12-18)19-13-20(25-27-15-28-32(25)14-19)29-22-8-3-9-23(30-22)31-11-10-16-4-2-7-21(16)31/h1,3,5-6,8-9,12-16,21H,2,4,7,10-11H2,(H2,26,33)(H,29,30)/t16-,21-/m0/s1. The Morgan fingerprint density at radius 2 is 1.97 bits per heavy atom. The fraction of sp³-hybridized carbons (Fsp3) is 0.280. The van der Waals surface area contributed by atoms with Gasteiger partial charge in [0.1, 0.15) is 18.0 Å². The molecule has 0 bridgehead atoms. The van der Waals surface area contributed by atoms with Crippen molar-refractivity contribution in [1.29, 1.82) is 0 Å². The largest absolute Gasteiger partial charge is 0.366 e. The summed E-state index contributed by atoms with van der Waals surface area (Å²) in [7, 11) is 0. The van der Waals surface area contributed by atoms with Gasteiger partial charge in [-0.2, -0.15) is 5.10 Å². The van der Waals surface area contributed by atoms with Gasteiger partial charge in [0.15, 0.2) is 5.65 Å². The summed E-state index contributed by atoms with van der Waals surface area (Å²) in [5.74, 6) is 2.15. The number of pyridine rings is 2. The van der Waals surface area contributed by atoms with Crippen LogP contribution in [0.5, 0.6) is 0 Å². The van der Waals surface area contributed by atoms with Gasteiger partial charge in [-0.15, -0.1) is 0 Å². The van der Waals surface area contributed by atoms with E-state index in [0.29, 0.717) is 17.3 Å². The lowest BCUT2D eigenvalue weighted by Crippen LogP contribution is -2.30. The van der Waals surface area contributed by atoms with Crippen LogP contribution in [0.2, 0.25) is 0 Å². The summed E-state index contributed by atoms with van der Waals surface area (Å²) in [4.78, 5) is 23.5.